The van der Waals surface area contributed by atoms with E-state index >= 15 is 0 Å². The summed E-state index contributed by atoms with van der Waals surface area (Å²) in [7, 11) is 0. The normalized spacial score (nSPS) is 10.7. The van der Waals surface area contributed by atoms with Crippen LogP contribution in [-0.2, 0) is 4.79 Å². The quantitative estimate of drug-likeness (QED) is 0.710. The third-order valence-electron chi connectivity index (χ3n) is 3.33. The van der Waals surface area contributed by atoms with E-state index < -0.39 is 5.97 Å². The number of carboxylic acid groups (broad SMARTS) is 1. The second-order valence-electron chi connectivity index (χ2n) is 4.99. The van der Waals surface area contributed by atoms with Crippen LogP contribution in [0.15, 0.2) is 53.0 Å². The zero-order valence-electron chi connectivity index (χ0n) is 12.2. The van der Waals surface area contributed by atoms with Gasteiger partial charge < -0.3 is 10.4 Å². The van der Waals surface area contributed by atoms with Crippen molar-refractivity contribution in [3.8, 4) is 11.3 Å². The fourth-order valence-corrected chi connectivity index (χ4v) is 2.64. The molecule has 6 heteroatoms. The van der Waals surface area contributed by atoms with Gasteiger partial charge in [0.1, 0.15) is 0 Å². The SMILES string of the molecule is O=C(O)CCNc1nc(-c2ccccc2)c2cc(Br)ccc2n1. The van der Waals surface area contributed by atoms with E-state index in [1.807, 2.05) is 48.5 Å². The predicted octanol–water partition coefficient (Wildman–Crippen LogP) is 3.95. The van der Waals surface area contributed by atoms with Crippen LogP contribution in [0, 0.1) is 0 Å². The summed E-state index contributed by atoms with van der Waals surface area (Å²) < 4.78 is 0.956. The molecule has 116 valence electrons. The zero-order chi connectivity index (χ0) is 16.2. The highest BCUT2D eigenvalue weighted by Gasteiger charge is 2.10. The van der Waals surface area contributed by atoms with Crippen LogP contribution in [0.3, 0.4) is 0 Å². The highest BCUT2D eigenvalue weighted by atomic mass is 79.9. The topological polar surface area (TPSA) is 75.1 Å². The summed E-state index contributed by atoms with van der Waals surface area (Å²) in [5.41, 5.74) is 2.61. The lowest BCUT2D eigenvalue weighted by molar-refractivity contribution is -0.136. The molecule has 2 aromatic carbocycles. The number of nitrogens with one attached hydrogen (secondary N) is 1. The van der Waals surface area contributed by atoms with E-state index in [1.165, 1.54) is 0 Å². The van der Waals surface area contributed by atoms with Crippen LogP contribution < -0.4 is 5.32 Å². The van der Waals surface area contributed by atoms with E-state index in [0.29, 0.717) is 5.95 Å². The lowest BCUT2D eigenvalue weighted by Crippen LogP contribution is -2.10. The molecule has 0 spiro atoms. The average Bonchev–Trinajstić information content (AvgIpc) is 2.55. The maximum atomic E-state index is 10.6. The number of nitrogens with zero attached hydrogens (tertiary/aromatic N) is 2. The molecule has 1 heterocycles. The van der Waals surface area contributed by atoms with Gasteiger partial charge >= 0.3 is 5.97 Å². The minimum absolute atomic E-state index is 0.0163. The van der Waals surface area contributed by atoms with Crippen molar-refractivity contribution in [1.29, 1.82) is 0 Å². The van der Waals surface area contributed by atoms with Crippen LogP contribution in [0.1, 0.15) is 6.42 Å². The smallest absolute Gasteiger partial charge is 0.305 e. The number of carboxylic acids is 1. The van der Waals surface area contributed by atoms with Crippen molar-refractivity contribution in [1.82, 2.24) is 9.97 Å². The fourth-order valence-electron chi connectivity index (χ4n) is 2.28. The number of halogens is 1. The number of carbonyl (C=O) groups is 1. The molecule has 0 aliphatic heterocycles. The first-order chi connectivity index (χ1) is 11.1. The Morgan fingerprint density at radius 2 is 1.91 bits per heavy atom. The number of benzene rings is 2. The van der Waals surface area contributed by atoms with Gasteiger partial charge in [-0.1, -0.05) is 46.3 Å². The third-order valence-corrected chi connectivity index (χ3v) is 3.82. The van der Waals surface area contributed by atoms with E-state index in [0.717, 1.165) is 26.6 Å². The molecule has 0 unspecified atom stereocenters. The molecular weight excluding hydrogens is 358 g/mol. The summed E-state index contributed by atoms with van der Waals surface area (Å²) in [6, 6.07) is 15.7. The highest BCUT2D eigenvalue weighted by molar-refractivity contribution is 9.10. The standard InChI is InChI=1S/C17H14BrN3O2/c18-12-6-7-14-13(10-12)16(11-4-2-1-3-5-11)21-17(20-14)19-9-8-15(22)23/h1-7,10H,8-9H2,(H,22,23)(H,19,20,21). The Hall–Kier alpha value is -2.47. The van der Waals surface area contributed by atoms with Gasteiger partial charge in [0.2, 0.25) is 5.95 Å². The minimum Gasteiger partial charge on any atom is -0.481 e. The van der Waals surface area contributed by atoms with E-state index in [9.17, 15) is 4.79 Å². The maximum absolute atomic E-state index is 10.6. The second-order valence-corrected chi connectivity index (χ2v) is 5.91. The van der Waals surface area contributed by atoms with E-state index in [-0.39, 0.29) is 13.0 Å². The molecule has 2 N–H and O–H groups in total. The molecular formula is C17H14BrN3O2. The van der Waals surface area contributed by atoms with Crippen molar-refractivity contribution >= 4 is 38.8 Å². The van der Waals surface area contributed by atoms with Gasteiger partial charge in [-0.3, -0.25) is 4.79 Å². The van der Waals surface area contributed by atoms with Crippen LogP contribution >= 0.6 is 15.9 Å². The maximum Gasteiger partial charge on any atom is 0.305 e. The molecule has 0 saturated heterocycles. The number of rotatable bonds is 5. The summed E-state index contributed by atoms with van der Waals surface area (Å²) in [5.74, 6) is -0.426. The van der Waals surface area contributed by atoms with Crippen molar-refractivity contribution in [3.63, 3.8) is 0 Å². The van der Waals surface area contributed by atoms with Gasteiger partial charge in [-0.25, -0.2) is 9.97 Å². The molecule has 0 radical (unpaired) electrons. The molecule has 0 bridgehead atoms. The molecule has 3 aromatic rings. The highest BCUT2D eigenvalue weighted by Crippen LogP contribution is 2.29. The fraction of sp³-hybridized carbons (Fsp3) is 0.118. The third kappa shape index (κ3) is 3.65. The van der Waals surface area contributed by atoms with Crippen LogP contribution in [0.4, 0.5) is 5.95 Å². The zero-order valence-corrected chi connectivity index (χ0v) is 13.7. The Kier molecular flexibility index (Phi) is 4.52. The van der Waals surface area contributed by atoms with Crippen molar-refractivity contribution in [2.75, 3.05) is 11.9 Å². The minimum atomic E-state index is -0.856. The lowest BCUT2D eigenvalue weighted by atomic mass is 10.1. The monoisotopic (exact) mass is 371 g/mol. The predicted molar refractivity (Wildman–Crippen MR) is 93.4 cm³/mol. The first-order valence-electron chi connectivity index (χ1n) is 7.12. The van der Waals surface area contributed by atoms with Crippen molar-refractivity contribution in [2.24, 2.45) is 0 Å². The van der Waals surface area contributed by atoms with E-state index in [1.54, 1.807) is 0 Å². The van der Waals surface area contributed by atoms with Crippen molar-refractivity contribution in [3.05, 3.63) is 53.0 Å². The number of aromatic nitrogens is 2. The van der Waals surface area contributed by atoms with E-state index in [2.05, 4.69) is 31.2 Å². The summed E-state index contributed by atoms with van der Waals surface area (Å²) in [6.45, 7) is 0.283. The van der Waals surface area contributed by atoms with E-state index in [4.69, 9.17) is 5.11 Å². The van der Waals surface area contributed by atoms with Gasteiger partial charge in [-0.15, -0.1) is 0 Å². The van der Waals surface area contributed by atoms with Crippen LogP contribution in [0.5, 0.6) is 0 Å². The van der Waals surface area contributed by atoms with Gasteiger partial charge in [-0.2, -0.15) is 0 Å². The number of anilines is 1. The Bertz CT molecular complexity index is 853. The Morgan fingerprint density at radius 3 is 2.65 bits per heavy atom. The Morgan fingerprint density at radius 1 is 1.13 bits per heavy atom. The molecule has 3 rings (SSSR count). The first-order valence-corrected chi connectivity index (χ1v) is 7.91. The largest absolute Gasteiger partial charge is 0.481 e. The van der Waals surface area contributed by atoms with Crippen LogP contribution in [0.25, 0.3) is 22.2 Å². The van der Waals surface area contributed by atoms with Gasteiger partial charge in [0.25, 0.3) is 0 Å². The van der Waals surface area contributed by atoms with Crippen molar-refractivity contribution in [2.45, 2.75) is 6.42 Å². The summed E-state index contributed by atoms with van der Waals surface area (Å²) >= 11 is 3.48. The molecule has 5 nitrogen and oxygen atoms in total. The molecule has 0 fully saturated rings. The van der Waals surface area contributed by atoms with Crippen molar-refractivity contribution < 1.29 is 9.90 Å². The first kappa shape index (κ1) is 15.4. The number of aliphatic carboxylic acids is 1. The molecule has 1 aromatic heterocycles. The summed E-state index contributed by atoms with van der Waals surface area (Å²) in [4.78, 5) is 19.7. The number of hydrogen-bond acceptors (Lipinski definition) is 4. The number of hydrogen-bond donors (Lipinski definition) is 2. The summed E-state index contributed by atoms with van der Waals surface area (Å²) in [6.07, 6.45) is 0.0163. The van der Waals surface area contributed by atoms with Gasteiger partial charge in [0, 0.05) is 22.0 Å². The van der Waals surface area contributed by atoms with Gasteiger partial charge in [0.15, 0.2) is 0 Å². The summed E-state index contributed by atoms with van der Waals surface area (Å²) in [5, 5.41) is 12.7. The van der Waals surface area contributed by atoms with Crippen LogP contribution in [-0.4, -0.2) is 27.6 Å². The Balaban J connectivity index is 2.07. The molecule has 0 saturated carbocycles. The molecule has 0 atom stereocenters. The second kappa shape index (κ2) is 6.75. The lowest BCUT2D eigenvalue weighted by Gasteiger charge is -2.10. The Labute approximate surface area is 141 Å². The number of fused-ring (bicyclic) bond motifs is 1. The van der Waals surface area contributed by atoms with Crippen LogP contribution in [0.2, 0.25) is 0 Å². The van der Waals surface area contributed by atoms with Gasteiger partial charge in [-0.05, 0) is 18.2 Å². The average molecular weight is 372 g/mol. The molecule has 0 aliphatic rings. The van der Waals surface area contributed by atoms with Gasteiger partial charge in [0.05, 0.1) is 17.6 Å². The molecule has 23 heavy (non-hydrogen) atoms. The molecule has 0 aliphatic carbocycles. The molecule has 0 amide bonds.